The van der Waals surface area contributed by atoms with E-state index in [1.807, 2.05) is 0 Å². The molecule has 2 N–H and O–H groups in total. The van der Waals surface area contributed by atoms with E-state index in [9.17, 15) is 14.4 Å². The Hall–Kier alpha value is -1.59. The van der Waals surface area contributed by atoms with E-state index in [1.54, 1.807) is 0 Å². The van der Waals surface area contributed by atoms with Crippen molar-refractivity contribution in [3.8, 4) is 0 Å². The lowest BCUT2D eigenvalue weighted by molar-refractivity contribution is -0.140. The van der Waals surface area contributed by atoms with Crippen molar-refractivity contribution in [1.82, 2.24) is 10.2 Å². The Balaban J connectivity index is 2.06. The average Bonchev–Trinajstić information content (AvgIpc) is 2.82. The molecule has 0 bridgehead atoms. The van der Waals surface area contributed by atoms with Gasteiger partial charge in [0, 0.05) is 6.04 Å². The highest BCUT2D eigenvalue weighted by molar-refractivity contribution is 6.06. The average molecular weight is 198 g/mol. The number of carbonyl (C=O) groups excluding carboxylic acids is 2. The summed E-state index contributed by atoms with van der Waals surface area (Å²) in [6.07, 6.45) is 1.33. The summed E-state index contributed by atoms with van der Waals surface area (Å²) >= 11 is 0. The van der Waals surface area contributed by atoms with Crippen molar-refractivity contribution in [2.45, 2.75) is 31.3 Å². The van der Waals surface area contributed by atoms with Crippen molar-refractivity contribution in [3.05, 3.63) is 0 Å². The number of hydrogen-bond donors (Lipinski definition) is 2. The van der Waals surface area contributed by atoms with Crippen LogP contribution in [0.1, 0.15) is 19.3 Å². The number of nitrogens with one attached hydrogen (secondary N) is 1. The summed E-state index contributed by atoms with van der Waals surface area (Å²) in [7, 11) is 0. The third-order valence-electron chi connectivity index (χ3n) is 2.34. The molecule has 3 amide bonds. The molecule has 1 saturated heterocycles. The quantitative estimate of drug-likeness (QED) is 0.601. The number of hydrogen-bond acceptors (Lipinski definition) is 3. The molecule has 1 saturated carbocycles. The van der Waals surface area contributed by atoms with Crippen molar-refractivity contribution >= 4 is 17.9 Å². The third-order valence-corrected chi connectivity index (χ3v) is 2.34. The first kappa shape index (κ1) is 8.98. The fraction of sp³-hybridized carbons (Fsp3) is 0.625. The molecule has 0 aromatic rings. The smallest absolute Gasteiger partial charge is 0.325 e. The predicted molar refractivity (Wildman–Crippen MR) is 44.4 cm³/mol. The van der Waals surface area contributed by atoms with E-state index in [0.29, 0.717) is 0 Å². The Morgan fingerprint density at radius 3 is 2.64 bits per heavy atom. The van der Waals surface area contributed by atoms with E-state index in [0.717, 1.165) is 17.7 Å². The highest BCUT2D eigenvalue weighted by Gasteiger charge is 2.46. The van der Waals surface area contributed by atoms with Crippen molar-refractivity contribution in [3.63, 3.8) is 0 Å². The SMILES string of the molecule is O=C(O)CC1NC(=O)N(C2CC2)C1=O. The fourth-order valence-corrected chi connectivity index (χ4v) is 1.54. The number of carboxylic acids is 1. The topological polar surface area (TPSA) is 86.7 Å². The van der Waals surface area contributed by atoms with Gasteiger partial charge in [-0.3, -0.25) is 14.5 Å². The highest BCUT2D eigenvalue weighted by Crippen LogP contribution is 2.29. The molecule has 0 spiro atoms. The second kappa shape index (κ2) is 2.97. The molecule has 2 fully saturated rings. The maximum atomic E-state index is 11.5. The number of carbonyl (C=O) groups is 3. The standard InChI is InChI=1S/C8H10N2O4/c11-6(12)3-5-7(13)10(4-1-2-4)8(14)9-5/h4-5H,1-3H2,(H,9,14)(H,11,12). The lowest BCUT2D eigenvalue weighted by Gasteiger charge is -2.10. The summed E-state index contributed by atoms with van der Waals surface area (Å²) in [6, 6.07) is -1.33. The number of imide groups is 1. The first-order chi connectivity index (χ1) is 6.59. The van der Waals surface area contributed by atoms with Gasteiger partial charge in [0.25, 0.3) is 5.91 Å². The summed E-state index contributed by atoms with van der Waals surface area (Å²) < 4.78 is 0. The zero-order valence-corrected chi connectivity index (χ0v) is 7.40. The molecule has 0 aromatic carbocycles. The predicted octanol–water partition coefficient (Wildman–Crippen LogP) is -0.456. The van der Waals surface area contributed by atoms with Crippen LogP contribution in [0.25, 0.3) is 0 Å². The fourth-order valence-electron chi connectivity index (χ4n) is 1.54. The molecule has 0 aromatic heterocycles. The van der Waals surface area contributed by atoms with Crippen LogP contribution in [0.5, 0.6) is 0 Å². The van der Waals surface area contributed by atoms with Crippen LogP contribution in [-0.2, 0) is 9.59 Å². The van der Waals surface area contributed by atoms with E-state index in [4.69, 9.17) is 5.11 Å². The third kappa shape index (κ3) is 1.43. The molecular weight excluding hydrogens is 188 g/mol. The molecular formula is C8H10N2O4. The van der Waals surface area contributed by atoms with Gasteiger partial charge in [0.2, 0.25) is 0 Å². The molecule has 1 aliphatic heterocycles. The van der Waals surface area contributed by atoms with Crippen molar-refractivity contribution in [1.29, 1.82) is 0 Å². The summed E-state index contributed by atoms with van der Waals surface area (Å²) in [5, 5.41) is 10.9. The first-order valence-corrected chi connectivity index (χ1v) is 4.45. The first-order valence-electron chi connectivity index (χ1n) is 4.45. The molecule has 14 heavy (non-hydrogen) atoms. The second-order valence-electron chi connectivity index (χ2n) is 3.54. The zero-order valence-electron chi connectivity index (χ0n) is 7.40. The van der Waals surface area contributed by atoms with Crippen LogP contribution in [0.4, 0.5) is 4.79 Å². The van der Waals surface area contributed by atoms with E-state index in [1.165, 1.54) is 0 Å². The summed E-state index contributed by atoms with van der Waals surface area (Å²) in [4.78, 5) is 34.3. The highest BCUT2D eigenvalue weighted by atomic mass is 16.4. The van der Waals surface area contributed by atoms with Crippen LogP contribution in [-0.4, -0.2) is 40.0 Å². The lowest BCUT2D eigenvalue weighted by atomic mass is 10.2. The van der Waals surface area contributed by atoms with Gasteiger partial charge in [0.1, 0.15) is 6.04 Å². The lowest BCUT2D eigenvalue weighted by Crippen LogP contribution is -2.34. The number of amides is 3. The van der Waals surface area contributed by atoms with Gasteiger partial charge in [-0.1, -0.05) is 0 Å². The molecule has 1 atom stereocenters. The van der Waals surface area contributed by atoms with Crippen molar-refractivity contribution in [2.24, 2.45) is 0 Å². The number of rotatable bonds is 3. The molecule has 6 nitrogen and oxygen atoms in total. The summed E-state index contributed by atoms with van der Waals surface area (Å²) in [5.41, 5.74) is 0. The van der Waals surface area contributed by atoms with Crippen LogP contribution in [0.15, 0.2) is 0 Å². The number of urea groups is 1. The van der Waals surface area contributed by atoms with Gasteiger partial charge in [-0.15, -0.1) is 0 Å². The van der Waals surface area contributed by atoms with Gasteiger partial charge in [-0.25, -0.2) is 4.79 Å². The van der Waals surface area contributed by atoms with Crippen LogP contribution >= 0.6 is 0 Å². The molecule has 0 radical (unpaired) electrons. The van der Waals surface area contributed by atoms with Gasteiger partial charge in [-0.2, -0.15) is 0 Å². The maximum absolute atomic E-state index is 11.5. The Bertz CT molecular complexity index is 310. The van der Waals surface area contributed by atoms with Gasteiger partial charge in [0.05, 0.1) is 6.42 Å². The number of carboxylic acid groups (broad SMARTS) is 1. The van der Waals surface area contributed by atoms with Crippen LogP contribution < -0.4 is 5.32 Å². The van der Waals surface area contributed by atoms with Crippen molar-refractivity contribution in [2.75, 3.05) is 0 Å². The Kier molecular flexibility index (Phi) is 1.90. The Morgan fingerprint density at radius 1 is 1.50 bits per heavy atom. The normalized spacial score (nSPS) is 26.6. The zero-order chi connectivity index (χ0) is 10.3. The van der Waals surface area contributed by atoms with E-state index in [2.05, 4.69) is 5.32 Å². The summed E-state index contributed by atoms with van der Waals surface area (Å²) in [6.45, 7) is 0. The Labute approximate surface area is 79.9 Å². The maximum Gasteiger partial charge on any atom is 0.325 e. The molecule has 1 heterocycles. The van der Waals surface area contributed by atoms with Crippen molar-refractivity contribution < 1.29 is 19.5 Å². The van der Waals surface area contributed by atoms with E-state index in [-0.39, 0.29) is 12.5 Å². The monoisotopic (exact) mass is 198 g/mol. The number of aliphatic carboxylic acids is 1. The van der Waals surface area contributed by atoms with Gasteiger partial charge < -0.3 is 10.4 Å². The molecule has 6 heteroatoms. The van der Waals surface area contributed by atoms with Gasteiger partial charge >= 0.3 is 12.0 Å². The van der Waals surface area contributed by atoms with Gasteiger partial charge in [0.15, 0.2) is 0 Å². The molecule has 1 unspecified atom stereocenters. The van der Waals surface area contributed by atoms with E-state index < -0.39 is 23.9 Å². The van der Waals surface area contributed by atoms with Crippen LogP contribution in [0.3, 0.4) is 0 Å². The summed E-state index contributed by atoms with van der Waals surface area (Å²) in [5.74, 6) is -1.49. The molecule has 76 valence electrons. The molecule has 1 aliphatic carbocycles. The molecule has 2 rings (SSSR count). The second-order valence-corrected chi connectivity index (χ2v) is 3.54. The van der Waals surface area contributed by atoms with Gasteiger partial charge in [-0.05, 0) is 12.8 Å². The van der Waals surface area contributed by atoms with E-state index >= 15 is 0 Å². The minimum absolute atomic E-state index is 0.00120. The minimum Gasteiger partial charge on any atom is -0.481 e. The Morgan fingerprint density at radius 2 is 2.14 bits per heavy atom. The number of nitrogens with zero attached hydrogens (tertiary/aromatic N) is 1. The molecule has 2 aliphatic rings. The largest absolute Gasteiger partial charge is 0.481 e. The van der Waals surface area contributed by atoms with Crippen LogP contribution in [0, 0.1) is 0 Å². The van der Waals surface area contributed by atoms with Crippen LogP contribution in [0.2, 0.25) is 0 Å². The minimum atomic E-state index is -1.08.